The molecule has 0 fully saturated rings. The Bertz CT molecular complexity index is 881. The summed E-state index contributed by atoms with van der Waals surface area (Å²) in [7, 11) is 0. The normalized spacial score (nSPS) is 13.5. The molecule has 27 heavy (non-hydrogen) atoms. The van der Waals surface area contributed by atoms with Crippen LogP contribution in [0.5, 0.6) is 11.5 Å². The van der Waals surface area contributed by atoms with E-state index < -0.39 is 0 Å². The number of hydrogen-bond acceptors (Lipinski definition) is 2. The maximum Gasteiger partial charge on any atom is 0.231 e. The molecule has 0 aromatic heterocycles. The zero-order valence-corrected chi connectivity index (χ0v) is 15.9. The summed E-state index contributed by atoms with van der Waals surface area (Å²) < 4.78 is 11.0. The maximum absolute atomic E-state index is 5.96. The van der Waals surface area contributed by atoms with Gasteiger partial charge in [0.1, 0.15) is 6.54 Å². The Morgan fingerprint density at radius 2 is 1.63 bits per heavy atom. The van der Waals surface area contributed by atoms with Crippen molar-refractivity contribution in [3.63, 3.8) is 0 Å². The summed E-state index contributed by atoms with van der Waals surface area (Å²) in [5, 5.41) is 3.14. The highest BCUT2D eigenvalue weighted by Crippen LogP contribution is 2.37. The highest BCUT2D eigenvalue weighted by molar-refractivity contribution is 6.30. The van der Waals surface area contributed by atoms with Crippen LogP contribution in [0.3, 0.4) is 0 Å². The third-order valence-electron chi connectivity index (χ3n) is 4.95. The third-order valence-corrected chi connectivity index (χ3v) is 5.21. The van der Waals surface area contributed by atoms with Crippen molar-refractivity contribution in [1.29, 1.82) is 0 Å². The second-order valence-electron chi connectivity index (χ2n) is 6.77. The SMILES string of the molecule is Clc1ccc(C[NH2+]CC[C@H](c2ccccc2)c2ccc3c(c2)OCO3)cc1. The lowest BCUT2D eigenvalue weighted by Crippen LogP contribution is -2.82. The molecule has 0 radical (unpaired) electrons. The van der Waals surface area contributed by atoms with Crippen molar-refractivity contribution in [2.24, 2.45) is 0 Å². The first-order valence-electron chi connectivity index (χ1n) is 9.30. The average molecular weight is 381 g/mol. The minimum Gasteiger partial charge on any atom is -0.454 e. The van der Waals surface area contributed by atoms with Crippen molar-refractivity contribution in [3.05, 3.63) is 94.5 Å². The van der Waals surface area contributed by atoms with Gasteiger partial charge in [-0.05, 0) is 35.4 Å². The fourth-order valence-corrected chi connectivity index (χ4v) is 3.64. The predicted molar refractivity (Wildman–Crippen MR) is 107 cm³/mol. The molecule has 0 amide bonds. The molecule has 3 aromatic carbocycles. The second kappa shape index (κ2) is 8.47. The first kappa shape index (κ1) is 17.9. The number of nitrogens with two attached hydrogens (primary N) is 1. The van der Waals surface area contributed by atoms with Gasteiger partial charge in [0.2, 0.25) is 6.79 Å². The van der Waals surface area contributed by atoms with Crippen LogP contribution in [0.25, 0.3) is 0 Å². The number of quaternary nitrogens is 1. The fourth-order valence-electron chi connectivity index (χ4n) is 3.51. The topological polar surface area (TPSA) is 35.1 Å². The molecule has 0 saturated carbocycles. The molecule has 0 unspecified atom stereocenters. The molecule has 0 spiro atoms. The van der Waals surface area contributed by atoms with Gasteiger partial charge in [0.25, 0.3) is 0 Å². The molecule has 1 aliphatic heterocycles. The molecular weight excluding hydrogens is 358 g/mol. The van der Waals surface area contributed by atoms with Crippen molar-refractivity contribution < 1.29 is 14.8 Å². The van der Waals surface area contributed by atoms with Crippen LogP contribution in [0, 0.1) is 0 Å². The van der Waals surface area contributed by atoms with E-state index in [1.165, 1.54) is 16.7 Å². The standard InChI is InChI=1S/C23H22ClNO2/c24-20-9-6-17(7-10-20)15-25-13-12-21(18-4-2-1-3-5-18)19-8-11-22-23(14-19)27-16-26-22/h1-11,14,21,25H,12-13,15-16H2/p+1/t21-/m1/s1. The van der Waals surface area contributed by atoms with E-state index in [1.807, 2.05) is 18.2 Å². The first-order valence-corrected chi connectivity index (χ1v) is 9.68. The number of fused-ring (bicyclic) bond motifs is 1. The fraction of sp³-hybridized carbons (Fsp3) is 0.217. The molecule has 3 nitrogen and oxygen atoms in total. The van der Waals surface area contributed by atoms with Gasteiger partial charge in [0.05, 0.1) is 6.54 Å². The lowest BCUT2D eigenvalue weighted by atomic mass is 9.88. The lowest BCUT2D eigenvalue weighted by molar-refractivity contribution is -0.671. The molecule has 4 rings (SSSR count). The predicted octanol–water partition coefficient (Wildman–Crippen LogP) is 4.35. The zero-order chi connectivity index (χ0) is 18.5. The van der Waals surface area contributed by atoms with Gasteiger partial charge >= 0.3 is 0 Å². The smallest absolute Gasteiger partial charge is 0.231 e. The molecule has 2 N–H and O–H groups in total. The van der Waals surface area contributed by atoms with E-state index in [-0.39, 0.29) is 0 Å². The van der Waals surface area contributed by atoms with Gasteiger partial charge in [-0.15, -0.1) is 0 Å². The van der Waals surface area contributed by atoms with Gasteiger partial charge in [-0.3, -0.25) is 0 Å². The Morgan fingerprint density at radius 1 is 0.852 bits per heavy atom. The highest BCUT2D eigenvalue weighted by atomic mass is 35.5. The monoisotopic (exact) mass is 380 g/mol. The van der Waals surface area contributed by atoms with E-state index in [0.717, 1.165) is 36.0 Å². The van der Waals surface area contributed by atoms with Crippen LogP contribution < -0.4 is 14.8 Å². The Kier molecular flexibility index (Phi) is 5.61. The number of rotatable bonds is 7. The second-order valence-corrected chi connectivity index (χ2v) is 7.21. The van der Waals surface area contributed by atoms with Crippen LogP contribution in [-0.4, -0.2) is 13.3 Å². The minimum absolute atomic E-state index is 0.309. The molecule has 138 valence electrons. The number of hydrogen-bond donors (Lipinski definition) is 1. The van der Waals surface area contributed by atoms with Gasteiger partial charge in [-0.2, -0.15) is 0 Å². The summed E-state index contributed by atoms with van der Waals surface area (Å²) in [5.74, 6) is 2.01. The Morgan fingerprint density at radius 3 is 2.44 bits per heavy atom. The van der Waals surface area contributed by atoms with Crippen LogP contribution in [0.15, 0.2) is 72.8 Å². The molecule has 3 aromatic rings. The van der Waals surface area contributed by atoms with Gasteiger partial charge in [0.15, 0.2) is 11.5 Å². The third kappa shape index (κ3) is 4.44. The Balaban J connectivity index is 1.45. The molecule has 1 atom stereocenters. The Hall–Kier alpha value is -2.49. The van der Waals surface area contributed by atoms with E-state index in [9.17, 15) is 0 Å². The Labute approximate surface area is 164 Å². The van der Waals surface area contributed by atoms with E-state index in [2.05, 4.69) is 59.9 Å². The van der Waals surface area contributed by atoms with Gasteiger partial charge in [0, 0.05) is 22.9 Å². The lowest BCUT2D eigenvalue weighted by Gasteiger charge is -2.18. The molecular formula is C23H23ClNO2+. The van der Waals surface area contributed by atoms with Crippen molar-refractivity contribution in [2.75, 3.05) is 13.3 Å². The van der Waals surface area contributed by atoms with Crippen molar-refractivity contribution in [3.8, 4) is 11.5 Å². The van der Waals surface area contributed by atoms with Crippen molar-refractivity contribution in [2.45, 2.75) is 18.9 Å². The van der Waals surface area contributed by atoms with Crippen molar-refractivity contribution in [1.82, 2.24) is 0 Å². The van der Waals surface area contributed by atoms with E-state index in [0.29, 0.717) is 12.7 Å². The van der Waals surface area contributed by atoms with Crippen LogP contribution in [0.1, 0.15) is 29.0 Å². The minimum atomic E-state index is 0.309. The van der Waals surface area contributed by atoms with Gasteiger partial charge in [-0.25, -0.2) is 0 Å². The van der Waals surface area contributed by atoms with E-state index in [4.69, 9.17) is 21.1 Å². The van der Waals surface area contributed by atoms with Gasteiger partial charge in [-0.1, -0.05) is 60.1 Å². The van der Waals surface area contributed by atoms with Gasteiger partial charge < -0.3 is 14.8 Å². The van der Waals surface area contributed by atoms with Crippen LogP contribution in [-0.2, 0) is 6.54 Å². The summed E-state index contributed by atoms with van der Waals surface area (Å²) in [6.45, 7) is 2.31. The van der Waals surface area contributed by atoms with Crippen LogP contribution in [0.2, 0.25) is 5.02 Å². The van der Waals surface area contributed by atoms with Crippen LogP contribution in [0.4, 0.5) is 0 Å². The molecule has 1 aliphatic rings. The van der Waals surface area contributed by atoms with E-state index in [1.54, 1.807) is 0 Å². The number of halogens is 1. The van der Waals surface area contributed by atoms with E-state index >= 15 is 0 Å². The molecule has 0 aliphatic carbocycles. The average Bonchev–Trinajstić information content (AvgIpc) is 3.18. The van der Waals surface area contributed by atoms with Crippen molar-refractivity contribution >= 4 is 11.6 Å². The quantitative estimate of drug-likeness (QED) is 0.618. The molecule has 1 heterocycles. The number of ether oxygens (including phenoxy) is 2. The summed E-state index contributed by atoms with van der Waals surface area (Å²) in [6, 6.07) is 25.1. The number of benzene rings is 3. The summed E-state index contributed by atoms with van der Waals surface area (Å²) in [4.78, 5) is 0. The highest BCUT2D eigenvalue weighted by Gasteiger charge is 2.19. The van der Waals surface area contributed by atoms with Crippen LogP contribution >= 0.6 is 11.6 Å². The molecule has 4 heteroatoms. The maximum atomic E-state index is 5.96. The zero-order valence-electron chi connectivity index (χ0n) is 15.1. The largest absolute Gasteiger partial charge is 0.454 e. The summed E-state index contributed by atoms with van der Waals surface area (Å²) in [6.07, 6.45) is 1.05. The molecule has 0 saturated heterocycles. The molecule has 0 bridgehead atoms. The summed E-state index contributed by atoms with van der Waals surface area (Å²) >= 11 is 5.96. The summed E-state index contributed by atoms with van der Waals surface area (Å²) in [5.41, 5.74) is 3.89. The first-order chi connectivity index (χ1) is 13.3.